The zero-order chi connectivity index (χ0) is 18.7. The Morgan fingerprint density at radius 2 is 1.88 bits per heavy atom. The van der Waals surface area contributed by atoms with Gasteiger partial charge in [-0.2, -0.15) is 4.31 Å². The van der Waals surface area contributed by atoms with Crippen molar-refractivity contribution in [1.82, 2.24) is 9.62 Å². The largest absolute Gasteiger partial charge is 0.449 e. The first-order valence-corrected chi connectivity index (χ1v) is 10.4. The molecule has 26 heavy (non-hydrogen) atoms. The molecule has 142 valence electrons. The van der Waals surface area contributed by atoms with Crippen LogP contribution in [0.15, 0.2) is 29.2 Å². The maximum Gasteiger partial charge on any atom is 0.338 e. The Bertz CT molecular complexity index is 783. The van der Waals surface area contributed by atoms with Crippen molar-refractivity contribution in [3.05, 3.63) is 29.8 Å². The van der Waals surface area contributed by atoms with E-state index in [-0.39, 0.29) is 22.4 Å². The Hall–Kier alpha value is -1.93. The van der Waals surface area contributed by atoms with E-state index in [1.807, 2.05) is 0 Å². The fraction of sp³-hybridized carbons (Fsp3) is 0.556. The van der Waals surface area contributed by atoms with E-state index in [2.05, 4.69) is 5.32 Å². The van der Waals surface area contributed by atoms with E-state index >= 15 is 0 Å². The highest BCUT2D eigenvalue weighted by molar-refractivity contribution is 7.89. The van der Waals surface area contributed by atoms with Gasteiger partial charge in [-0.15, -0.1) is 0 Å². The zero-order valence-corrected chi connectivity index (χ0v) is 15.6. The minimum Gasteiger partial charge on any atom is -0.449 e. The van der Waals surface area contributed by atoms with E-state index in [1.54, 1.807) is 0 Å². The normalized spacial score (nSPS) is 19.6. The molecule has 1 amide bonds. The Balaban J connectivity index is 1.69. The quantitative estimate of drug-likeness (QED) is 0.758. The minimum absolute atomic E-state index is 0.0731. The summed E-state index contributed by atoms with van der Waals surface area (Å²) in [5, 5.41) is 2.77. The van der Waals surface area contributed by atoms with Crippen LogP contribution >= 0.6 is 0 Å². The van der Waals surface area contributed by atoms with Gasteiger partial charge in [0.1, 0.15) is 0 Å². The van der Waals surface area contributed by atoms with Crippen molar-refractivity contribution in [3.63, 3.8) is 0 Å². The summed E-state index contributed by atoms with van der Waals surface area (Å²) in [4.78, 5) is 24.3. The zero-order valence-electron chi connectivity index (χ0n) is 14.8. The first-order valence-electron chi connectivity index (χ1n) is 8.99. The Morgan fingerprint density at radius 3 is 2.54 bits per heavy atom. The molecule has 1 aromatic carbocycles. The summed E-state index contributed by atoms with van der Waals surface area (Å²) in [6.07, 6.45) is 3.68. The Kier molecular flexibility index (Phi) is 5.62. The van der Waals surface area contributed by atoms with Gasteiger partial charge in [-0.3, -0.25) is 4.79 Å². The number of piperidine rings is 1. The molecule has 0 spiro atoms. The van der Waals surface area contributed by atoms with Gasteiger partial charge in [-0.1, -0.05) is 12.5 Å². The van der Waals surface area contributed by atoms with Gasteiger partial charge in [-0.25, -0.2) is 13.2 Å². The molecule has 0 aromatic heterocycles. The molecular formula is C18H24N2O5S. The predicted molar refractivity (Wildman–Crippen MR) is 95.1 cm³/mol. The summed E-state index contributed by atoms with van der Waals surface area (Å²) in [7, 11) is -3.62. The topological polar surface area (TPSA) is 92.8 Å². The smallest absolute Gasteiger partial charge is 0.338 e. The standard InChI is InChI=1S/C18H24N2O5S/c1-13(17(21)19-15-8-9-15)25-18(22)14-6-5-7-16(12-14)26(23,24)20-10-3-2-4-11-20/h5-7,12-13,15H,2-4,8-11H2,1H3,(H,19,21)/t13-/m1/s1. The van der Waals surface area contributed by atoms with Gasteiger partial charge in [0, 0.05) is 19.1 Å². The van der Waals surface area contributed by atoms with Crippen molar-refractivity contribution in [1.29, 1.82) is 0 Å². The van der Waals surface area contributed by atoms with Crippen LogP contribution in [0.5, 0.6) is 0 Å². The fourth-order valence-electron chi connectivity index (χ4n) is 2.87. The summed E-state index contributed by atoms with van der Waals surface area (Å²) in [6.45, 7) is 2.49. The van der Waals surface area contributed by atoms with Crippen LogP contribution in [0.2, 0.25) is 0 Å². The van der Waals surface area contributed by atoms with E-state index in [0.717, 1.165) is 32.1 Å². The lowest BCUT2D eigenvalue weighted by Gasteiger charge is -2.26. The molecular weight excluding hydrogens is 356 g/mol. The van der Waals surface area contributed by atoms with Crippen LogP contribution in [0.25, 0.3) is 0 Å². The molecule has 3 rings (SSSR count). The van der Waals surface area contributed by atoms with Crippen molar-refractivity contribution >= 4 is 21.9 Å². The maximum absolute atomic E-state index is 12.7. The van der Waals surface area contributed by atoms with Crippen molar-refractivity contribution in [2.24, 2.45) is 0 Å². The second kappa shape index (κ2) is 7.75. The lowest BCUT2D eigenvalue weighted by Crippen LogP contribution is -2.37. The highest BCUT2D eigenvalue weighted by Gasteiger charge is 2.29. The van der Waals surface area contributed by atoms with Crippen molar-refractivity contribution in [3.8, 4) is 0 Å². The molecule has 1 N–H and O–H groups in total. The van der Waals surface area contributed by atoms with Crippen LogP contribution in [0.4, 0.5) is 0 Å². The lowest BCUT2D eigenvalue weighted by molar-refractivity contribution is -0.129. The highest BCUT2D eigenvalue weighted by Crippen LogP contribution is 2.22. The number of hydrogen-bond acceptors (Lipinski definition) is 5. The van der Waals surface area contributed by atoms with Crippen molar-refractivity contribution in [2.75, 3.05) is 13.1 Å². The number of hydrogen-bond donors (Lipinski definition) is 1. The first kappa shape index (κ1) is 18.8. The second-order valence-electron chi connectivity index (χ2n) is 6.82. The van der Waals surface area contributed by atoms with E-state index in [1.165, 1.54) is 35.5 Å². The van der Waals surface area contributed by atoms with Gasteiger partial charge < -0.3 is 10.1 Å². The van der Waals surface area contributed by atoms with Gasteiger partial charge in [0.2, 0.25) is 10.0 Å². The van der Waals surface area contributed by atoms with Gasteiger partial charge in [0.05, 0.1) is 10.5 Å². The Labute approximate surface area is 153 Å². The summed E-state index contributed by atoms with van der Waals surface area (Å²) < 4.78 is 32.1. The van der Waals surface area contributed by atoms with Gasteiger partial charge >= 0.3 is 5.97 Å². The number of carbonyl (C=O) groups excluding carboxylic acids is 2. The molecule has 1 heterocycles. The number of sulfonamides is 1. The van der Waals surface area contributed by atoms with Crippen molar-refractivity contribution < 1.29 is 22.7 Å². The van der Waals surface area contributed by atoms with Gasteiger partial charge in [0.15, 0.2) is 6.10 Å². The summed E-state index contributed by atoms with van der Waals surface area (Å²) in [5.41, 5.74) is 0.120. The number of carbonyl (C=O) groups is 2. The number of amides is 1. The van der Waals surface area contributed by atoms with Crippen LogP contribution in [0, 0.1) is 0 Å². The van der Waals surface area contributed by atoms with Crippen LogP contribution in [-0.4, -0.2) is 49.8 Å². The number of nitrogens with one attached hydrogen (secondary N) is 1. The molecule has 8 heteroatoms. The summed E-state index contributed by atoms with van der Waals surface area (Å²) >= 11 is 0. The third kappa shape index (κ3) is 4.42. The summed E-state index contributed by atoms with van der Waals surface area (Å²) in [5.74, 6) is -1.04. The molecule has 0 bridgehead atoms. The average molecular weight is 380 g/mol. The number of ether oxygens (including phenoxy) is 1. The third-order valence-electron chi connectivity index (χ3n) is 4.60. The average Bonchev–Trinajstić information content (AvgIpc) is 3.46. The molecule has 1 saturated heterocycles. The van der Waals surface area contributed by atoms with E-state index < -0.39 is 22.1 Å². The Morgan fingerprint density at radius 1 is 1.19 bits per heavy atom. The van der Waals surface area contributed by atoms with Gasteiger partial charge in [0.25, 0.3) is 5.91 Å². The number of benzene rings is 1. The first-order chi connectivity index (χ1) is 12.4. The van der Waals surface area contributed by atoms with Crippen LogP contribution in [0.3, 0.4) is 0 Å². The highest BCUT2D eigenvalue weighted by atomic mass is 32.2. The fourth-order valence-corrected chi connectivity index (χ4v) is 4.43. The number of nitrogens with zero attached hydrogens (tertiary/aromatic N) is 1. The van der Waals surface area contributed by atoms with Crippen LogP contribution in [0.1, 0.15) is 49.4 Å². The number of esters is 1. The summed E-state index contributed by atoms with van der Waals surface area (Å²) in [6, 6.07) is 5.98. The molecule has 1 saturated carbocycles. The molecule has 0 unspecified atom stereocenters. The minimum atomic E-state index is -3.62. The van der Waals surface area contributed by atoms with E-state index in [4.69, 9.17) is 4.74 Å². The SMILES string of the molecule is C[C@@H](OC(=O)c1cccc(S(=O)(=O)N2CCCCC2)c1)C(=O)NC1CC1. The monoisotopic (exact) mass is 380 g/mol. The van der Waals surface area contributed by atoms with E-state index in [0.29, 0.717) is 13.1 Å². The van der Waals surface area contributed by atoms with E-state index in [9.17, 15) is 18.0 Å². The second-order valence-corrected chi connectivity index (χ2v) is 8.76. The van der Waals surface area contributed by atoms with Crippen LogP contribution in [-0.2, 0) is 19.6 Å². The molecule has 7 nitrogen and oxygen atoms in total. The molecule has 2 fully saturated rings. The van der Waals surface area contributed by atoms with Crippen molar-refractivity contribution in [2.45, 2.75) is 56.1 Å². The van der Waals surface area contributed by atoms with Crippen LogP contribution < -0.4 is 5.32 Å². The molecule has 1 aromatic rings. The number of rotatable bonds is 6. The third-order valence-corrected chi connectivity index (χ3v) is 6.49. The molecule has 1 aliphatic heterocycles. The predicted octanol–water partition coefficient (Wildman–Crippen LogP) is 1.69. The molecule has 0 radical (unpaired) electrons. The molecule has 1 aliphatic carbocycles. The maximum atomic E-state index is 12.7. The molecule has 1 atom stereocenters. The lowest BCUT2D eigenvalue weighted by atomic mass is 10.2. The van der Waals surface area contributed by atoms with Gasteiger partial charge in [-0.05, 0) is 50.8 Å². The molecule has 2 aliphatic rings.